The van der Waals surface area contributed by atoms with E-state index in [0.29, 0.717) is 22.1 Å². The van der Waals surface area contributed by atoms with Gasteiger partial charge >= 0.3 is 0 Å². The molecule has 0 aliphatic carbocycles. The highest BCUT2D eigenvalue weighted by Gasteiger charge is 2.08. The van der Waals surface area contributed by atoms with Gasteiger partial charge in [-0.3, -0.25) is 4.79 Å². The minimum Gasteiger partial charge on any atom is -0.496 e. The van der Waals surface area contributed by atoms with E-state index in [1.807, 2.05) is 24.3 Å². The summed E-state index contributed by atoms with van der Waals surface area (Å²) in [4.78, 5) is 12.2. The molecule has 148 valence electrons. The maximum Gasteiger partial charge on any atom is 0.185 e. The van der Waals surface area contributed by atoms with Crippen molar-refractivity contribution in [3.05, 3.63) is 98.7 Å². The molecule has 0 radical (unpaired) electrons. The van der Waals surface area contributed by atoms with Crippen molar-refractivity contribution in [3.8, 4) is 11.5 Å². The molecule has 0 heterocycles. The number of hydrogen-bond donors (Lipinski definition) is 0. The molecule has 0 saturated heterocycles. The van der Waals surface area contributed by atoms with E-state index in [9.17, 15) is 9.18 Å². The van der Waals surface area contributed by atoms with Crippen LogP contribution in [-0.4, -0.2) is 12.9 Å². The Kier molecular flexibility index (Phi) is 7.07. The molecular formula is C23H17BrClFO3. The summed E-state index contributed by atoms with van der Waals surface area (Å²) in [7, 11) is 1.58. The van der Waals surface area contributed by atoms with Crippen molar-refractivity contribution >= 4 is 39.4 Å². The van der Waals surface area contributed by atoms with Crippen LogP contribution >= 0.6 is 27.5 Å². The Morgan fingerprint density at radius 2 is 1.79 bits per heavy atom. The number of carbonyl (C=O) groups excluding carboxylic acids is 1. The monoisotopic (exact) mass is 474 g/mol. The van der Waals surface area contributed by atoms with Gasteiger partial charge in [-0.1, -0.05) is 39.7 Å². The molecular weight excluding hydrogens is 459 g/mol. The average Bonchev–Trinajstić information content (AvgIpc) is 2.72. The number of hydrogen-bond acceptors (Lipinski definition) is 3. The van der Waals surface area contributed by atoms with Gasteiger partial charge in [0.05, 0.1) is 12.1 Å². The van der Waals surface area contributed by atoms with Crippen molar-refractivity contribution < 1.29 is 18.7 Å². The third-order valence-electron chi connectivity index (χ3n) is 4.14. The molecule has 3 aromatic carbocycles. The summed E-state index contributed by atoms with van der Waals surface area (Å²) in [6, 6.07) is 16.3. The molecule has 0 spiro atoms. The lowest BCUT2D eigenvalue weighted by atomic mass is 10.1. The molecule has 0 atom stereocenters. The van der Waals surface area contributed by atoms with Crippen LogP contribution in [0.25, 0.3) is 6.08 Å². The lowest BCUT2D eigenvalue weighted by Gasteiger charge is -2.12. The molecule has 0 unspecified atom stereocenters. The maximum atomic E-state index is 13.0. The van der Waals surface area contributed by atoms with E-state index in [1.54, 1.807) is 25.3 Å². The lowest BCUT2D eigenvalue weighted by molar-refractivity contribution is 0.104. The smallest absolute Gasteiger partial charge is 0.185 e. The van der Waals surface area contributed by atoms with Crippen LogP contribution in [0.1, 0.15) is 21.5 Å². The molecule has 3 rings (SSSR count). The third kappa shape index (κ3) is 5.68. The van der Waals surface area contributed by atoms with E-state index in [2.05, 4.69) is 15.9 Å². The second-order valence-corrected chi connectivity index (χ2v) is 7.46. The van der Waals surface area contributed by atoms with Crippen molar-refractivity contribution in [3.63, 3.8) is 0 Å². The Bertz CT molecular complexity index is 1050. The van der Waals surface area contributed by atoms with Gasteiger partial charge in [0.1, 0.15) is 23.9 Å². The fourth-order valence-corrected chi connectivity index (χ4v) is 3.37. The van der Waals surface area contributed by atoms with Crippen LogP contribution in [-0.2, 0) is 6.61 Å². The lowest BCUT2D eigenvalue weighted by Crippen LogP contribution is -2.00. The molecule has 29 heavy (non-hydrogen) atoms. The van der Waals surface area contributed by atoms with Gasteiger partial charge < -0.3 is 9.47 Å². The fourth-order valence-electron chi connectivity index (χ4n) is 2.65. The van der Waals surface area contributed by atoms with E-state index in [1.165, 1.54) is 30.3 Å². The highest BCUT2D eigenvalue weighted by atomic mass is 79.9. The summed E-state index contributed by atoms with van der Waals surface area (Å²) in [6.45, 7) is 0.248. The van der Waals surface area contributed by atoms with Crippen LogP contribution in [0.2, 0.25) is 5.02 Å². The Balaban J connectivity index is 1.75. The number of ether oxygens (including phenoxy) is 2. The average molecular weight is 476 g/mol. The summed E-state index contributed by atoms with van der Waals surface area (Å²) in [5, 5.41) is 0.499. The molecule has 0 aliphatic heterocycles. The molecule has 0 saturated carbocycles. The summed E-state index contributed by atoms with van der Waals surface area (Å²) < 4.78 is 25.1. The van der Waals surface area contributed by atoms with E-state index < -0.39 is 0 Å². The Hall–Kier alpha value is -2.63. The zero-order chi connectivity index (χ0) is 20.8. The van der Waals surface area contributed by atoms with Crippen molar-refractivity contribution in [2.24, 2.45) is 0 Å². The van der Waals surface area contributed by atoms with Crippen LogP contribution in [0.15, 0.2) is 71.2 Å². The largest absolute Gasteiger partial charge is 0.496 e. The van der Waals surface area contributed by atoms with Gasteiger partial charge in [0.15, 0.2) is 5.78 Å². The summed E-state index contributed by atoms with van der Waals surface area (Å²) in [6.07, 6.45) is 3.15. The topological polar surface area (TPSA) is 35.5 Å². The molecule has 0 amide bonds. The number of halogens is 3. The van der Waals surface area contributed by atoms with Gasteiger partial charge in [-0.15, -0.1) is 0 Å². The van der Waals surface area contributed by atoms with E-state index in [-0.39, 0.29) is 18.2 Å². The van der Waals surface area contributed by atoms with E-state index >= 15 is 0 Å². The van der Waals surface area contributed by atoms with Crippen molar-refractivity contribution in [1.29, 1.82) is 0 Å². The summed E-state index contributed by atoms with van der Waals surface area (Å²) in [5.41, 5.74) is 2.04. The normalized spacial score (nSPS) is 10.9. The van der Waals surface area contributed by atoms with E-state index in [0.717, 1.165) is 15.6 Å². The first kappa shape index (κ1) is 21.1. The van der Waals surface area contributed by atoms with Crippen molar-refractivity contribution in [1.82, 2.24) is 0 Å². The SMILES string of the molecule is COc1ccc(/C=C/C(=O)c2ccc(F)cc2)cc1COc1ccc(Br)cc1Cl. The van der Waals surface area contributed by atoms with Gasteiger partial charge in [-0.2, -0.15) is 0 Å². The highest BCUT2D eigenvalue weighted by molar-refractivity contribution is 9.10. The first-order chi connectivity index (χ1) is 14.0. The van der Waals surface area contributed by atoms with Crippen LogP contribution in [0.5, 0.6) is 11.5 Å². The first-order valence-electron chi connectivity index (χ1n) is 8.69. The molecule has 3 nitrogen and oxygen atoms in total. The number of ketones is 1. The number of benzene rings is 3. The summed E-state index contributed by atoms with van der Waals surface area (Å²) in [5.74, 6) is 0.640. The Morgan fingerprint density at radius 1 is 1.07 bits per heavy atom. The molecule has 0 fully saturated rings. The molecule has 0 bridgehead atoms. The van der Waals surface area contributed by atoms with Gasteiger partial charge in [0.2, 0.25) is 0 Å². The molecule has 6 heteroatoms. The second-order valence-electron chi connectivity index (χ2n) is 6.14. The Labute approximate surface area is 181 Å². The minimum atomic E-state index is -0.379. The van der Waals surface area contributed by atoms with Crippen LogP contribution in [0.4, 0.5) is 4.39 Å². The van der Waals surface area contributed by atoms with Gasteiger partial charge in [0, 0.05) is 15.6 Å². The zero-order valence-corrected chi connectivity index (χ0v) is 17.8. The quantitative estimate of drug-likeness (QED) is 0.281. The fraction of sp³-hybridized carbons (Fsp3) is 0.0870. The summed E-state index contributed by atoms with van der Waals surface area (Å²) >= 11 is 9.56. The number of allylic oxidation sites excluding steroid dienone is 1. The predicted octanol–water partition coefficient (Wildman–Crippen LogP) is 6.73. The van der Waals surface area contributed by atoms with Gasteiger partial charge in [0.25, 0.3) is 0 Å². The standard InChI is InChI=1S/C23H17BrClFO3/c1-28-22-10-3-15(2-9-21(27)16-4-7-19(26)8-5-16)12-17(22)14-29-23-11-6-18(24)13-20(23)25/h2-13H,14H2,1H3/b9-2+. The molecule has 0 aliphatic rings. The number of carbonyl (C=O) groups is 1. The third-order valence-corrected chi connectivity index (χ3v) is 4.93. The van der Waals surface area contributed by atoms with E-state index in [4.69, 9.17) is 21.1 Å². The van der Waals surface area contributed by atoms with Crippen LogP contribution < -0.4 is 9.47 Å². The first-order valence-corrected chi connectivity index (χ1v) is 9.86. The highest BCUT2D eigenvalue weighted by Crippen LogP contribution is 2.30. The Morgan fingerprint density at radius 3 is 2.48 bits per heavy atom. The predicted molar refractivity (Wildman–Crippen MR) is 116 cm³/mol. The molecule has 3 aromatic rings. The van der Waals surface area contributed by atoms with Crippen LogP contribution in [0.3, 0.4) is 0 Å². The van der Waals surface area contributed by atoms with Crippen molar-refractivity contribution in [2.45, 2.75) is 6.61 Å². The molecule has 0 N–H and O–H groups in total. The number of methoxy groups -OCH3 is 1. The molecule has 0 aromatic heterocycles. The second kappa shape index (κ2) is 9.72. The maximum absolute atomic E-state index is 13.0. The number of rotatable bonds is 7. The minimum absolute atomic E-state index is 0.208. The van der Waals surface area contributed by atoms with Gasteiger partial charge in [-0.25, -0.2) is 4.39 Å². The van der Waals surface area contributed by atoms with Gasteiger partial charge in [-0.05, 0) is 66.2 Å². The van der Waals surface area contributed by atoms with Crippen LogP contribution in [0, 0.1) is 5.82 Å². The van der Waals surface area contributed by atoms with Crippen molar-refractivity contribution in [2.75, 3.05) is 7.11 Å². The zero-order valence-electron chi connectivity index (χ0n) is 15.5.